The molecule has 1 atom stereocenters. The SMILES string of the molecule is NCCc1ccc(S(=O)(=O)N2CCOCC2CO)s1. The van der Waals surface area contributed by atoms with Crippen LogP contribution < -0.4 is 5.73 Å². The number of ether oxygens (including phenoxy) is 1. The summed E-state index contributed by atoms with van der Waals surface area (Å²) in [5.74, 6) is 0. The first-order chi connectivity index (χ1) is 9.09. The maximum absolute atomic E-state index is 12.5. The normalized spacial score (nSPS) is 21.7. The first-order valence-electron chi connectivity index (χ1n) is 6.09. The minimum atomic E-state index is -3.55. The fourth-order valence-electron chi connectivity index (χ4n) is 1.99. The number of nitrogens with two attached hydrogens (primary N) is 1. The zero-order chi connectivity index (χ0) is 13.9. The minimum absolute atomic E-state index is 0.233. The zero-order valence-electron chi connectivity index (χ0n) is 10.5. The van der Waals surface area contributed by atoms with Gasteiger partial charge in [0.15, 0.2) is 0 Å². The van der Waals surface area contributed by atoms with E-state index in [4.69, 9.17) is 10.5 Å². The number of sulfonamides is 1. The first-order valence-corrected chi connectivity index (χ1v) is 8.34. The van der Waals surface area contributed by atoms with Gasteiger partial charge in [0.25, 0.3) is 10.0 Å². The summed E-state index contributed by atoms with van der Waals surface area (Å²) >= 11 is 1.24. The van der Waals surface area contributed by atoms with E-state index in [1.54, 1.807) is 12.1 Å². The number of aliphatic hydroxyl groups is 1. The van der Waals surface area contributed by atoms with Gasteiger partial charge in [-0.15, -0.1) is 11.3 Å². The molecule has 0 amide bonds. The van der Waals surface area contributed by atoms with Gasteiger partial charge >= 0.3 is 0 Å². The van der Waals surface area contributed by atoms with Crippen molar-refractivity contribution in [1.82, 2.24) is 4.31 Å². The van der Waals surface area contributed by atoms with Crippen molar-refractivity contribution in [1.29, 1.82) is 0 Å². The summed E-state index contributed by atoms with van der Waals surface area (Å²) in [5.41, 5.74) is 5.46. The molecule has 0 spiro atoms. The van der Waals surface area contributed by atoms with Gasteiger partial charge in [0.1, 0.15) is 4.21 Å². The Kier molecular flexibility index (Phi) is 4.93. The molecule has 1 fully saturated rings. The lowest BCUT2D eigenvalue weighted by Crippen LogP contribution is -2.50. The van der Waals surface area contributed by atoms with Gasteiger partial charge in [-0.1, -0.05) is 0 Å². The molecule has 108 valence electrons. The number of hydrogen-bond donors (Lipinski definition) is 2. The summed E-state index contributed by atoms with van der Waals surface area (Å²) < 4.78 is 31.9. The van der Waals surface area contributed by atoms with Crippen molar-refractivity contribution >= 4 is 21.4 Å². The van der Waals surface area contributed by atoms with Crippen molar-refractivity contribution in [2.45, 2.75) is 16.7 Å². The molecule has 0 saturated carbocycles. The van der Waals surface area contributed by atoms with E-state index < -0.39 is 16.1 Å². The van der Waals surface area contributed by atoms with Crippen LogP contribution in [0.2, 0.25) is 0 Å². The van der Waals surface area contributed by atoms with Crippen molar-refractivity contribution in [3.63, 3.8) is 0 Å². The molecule has 1 aliphatic rings. The second-order valence-electron chi connectivity index (χ2n) is 4.29. The number of thiophene rings is 1. The van der Waals surface area contributed by atoms with E-state index in [0.29, 0.717) is 23.8 Å². The quantitative estimate of drug-likeness (QED) is 0.774. The molecule has 0 aromatic carbocycles. The average Bonchev–Trinajstić information content (AvgIpc) is 2.88. The predicted molar refractivity (Wildman–Crippen MR) is 72.7 cm³/mol. The summed E-state index contributed by atoms with van der Waals surface area (Å²) in [4.78, 5) is 0.954. The van der Waals surface area contributed by atoms with Gasteiger partial charge < -0.3 is 15.6 Å². The molecular formula is C11H18N2O4S2. The third-order valence-corrected chi connectivity index (χ3v) is 6.54. The van der Waals surface area contributed by atoms with Crippen LogP contribution in [-0.2, 0) is 21.2 Å². The van der Waals surface area contributed by atoms with Gasteiger partial charge in [-0.25, -0.2) is 8.42 Å². The van der Waals surface area contributed by atoms with Crippen LogP contribution in [-0.4, -0.2) is 56.8 Å². The van der Waals surface area contributed by atoms with Gasteiger partial charge in [-0.3, -0.25) is 0 Å². The topological polar surface area (TPSA) is 92.9 Å². The lowest BCUT2D eigenvalue weighted by atomic mass is 10.3. The lowest BCUT2D eigenvalue weighted by Gasteiger charge is -2.32. The zero-order valence-corrected chi connectivity index (χ0v) is 12.1. The Hall–Kier alpha value is -0.510. The van der Waals surface area contributed by atoms with E-state index in [1.165, 1.54) is 15.6 Å². The molecule has 1 aliphatic heterocycles. The Morgan fingerprint density at radius 1 is 1.53 bits per heavy atom. The molecule has 2 rings (SSSR count). The van der Waals surface area contributed by atoms with Crippen LogP contribution in [0.5, 0.6) is 0 Å². The molecule has 1 aromatic rings. The second kappa shape index (κ2) is 6.29. The van der Waals surface area contributed by atoms with E-state index in [2.05, 4.69) is 0 Å². The van der Waals surface area contributed by atoms with Gasteiger partial charge in [-0.2, -0.15) is 4.31 Å². The number of rotatable bonds is 5. The third-order valence-electron chi connectivity index (χ3n) is 2.97. The maximum Gasteiger partial charge on any atom is 0.253 e. The first kappa shape index (κ1) is 14.9. The summed E-state index contributed by atoms with van der Waals surface area (Å²) in [7, 11) is -3.55. The molecule has 6 nitrogen and oxygen atoms in total. The summed E-state index contributed by atoms with van der Waals surface area (Å²) in [6, 6.07) is 2.90. The molecule has 0 bridgehead atoms. The molecule has 1 aromatic heterocycles. The van der Waals surface area contributed by atoms with Crippen LogP contribution in [0.25, 0.3) is 0 Å². The highest BCUT2D eigenvalue weighted by Crippen LogP contribution is 2.27. The van der Waals surface area contributed by atoms with Crippen molar-refractivity contribution < 1.29 is 18.3 Å². The van der Waals surface area contributed by atoms with E-state index >= 15 is 0 Å². The number of aliphatic hydroxyl groups excluding tert-OH is 1. The molecule has 1 unspecified atom stereocenters. The standard InChI is InChI=1S/C11H18N2O4S2/c12-4-3-10-1-2-11(18-10)19(15,16)13-5-6-17-8-9(13)7-14/h1-2,9,14H,3-8,12H2. The molecule has 1 saturated heterocycles. The maximum atomic E-state index is 12.5. The molecule has 0 aliphatic carbocycles. The Bertz CT molecular complexity index is 515. The fourth-order valence-corrected chi connectivity index (χ4v) is 5.07. The third kappa shape index (κ3) is 3.15. The summed E-state index contributed by atoms with van der Waals surface area (Å²) in [6.07, 6.45) is 0.673. The van der Waals surface area contributed by atoms with Crippen LogP contribution >= 0.6 is 11.3 Å². The summed E-state index contributed by atoms with van der Waals surface area (Å²) in [5, 5.41) is 9.26. The van der Waals surface area contributed by atoms with Gasteiger partial charge in [0.05, 0.1) is 25.9 Å². The molecule has 8 heteroatoms. The van der Waals surface area contributed by atoms with E-state index in [1.807, 2.05) is 0 Å². The van der Waals surface area contributed by atoms with Gasteiger partial charge in [0, 0.05) is 11.4 Å². The monoisotopic (exact) mass is 306 g/mol. The summed E-state index contributed by atoms with van der Waals surface area (Å²) in [6.45, 7) is 1.13. The number of hydrogen-bond acceptors (Lipinski definition) is 6. The van der Waals surface area contributed by atoms with E-state index in [-0.39, 0.29) is 19.8 Å². The van der Waals surface area contributed by atoms with Crippen molar-refractivity contribution in [3.8, 4) is 0 Å². The average molecular weight is 306 g/mol. The molecular weight excluding hydrogens is 288 g/mol. The predicted octanol–water partition coefficient (Wildman–Crippen LogP) is -0.369. The Morgan fingerprint density at radius 2 is 2.32 bits per heavy atom. The van der Waals surface area contributed by atoms with E-state index in [0.717, 1.165) is 4.88 Å². The van der Waals surface area contributed by atoms with Crippen LogP contribution in [0, 0.1) is 0 Å². The molecule has 19 heavy (non-hydrogen) atoms. The smallest absolute Gasteiger partial charge is 0.253 e. The van der Waals surface area contributed by atoms with Crippen molar-refractivity contribution in [2.24, 2.45) is 5.73 Å². The fraction of sp³-hybridized carbons (Fsp3) is 0.636. The number of morpholine rings is 1. The Balaban J connectivity index is 2.24. The molecule has 0 radical (unpaired) electrons. The number of nitrogens with zero attached hydrogens (tertiary/aromatic N) is 1. The van der Waals surface area contributed by atoms with E-state index in [9.17, 15) is 13.5 Å². The van der Waals surface area contributed by atoms with Crippen molar-refractivity contribution in [3.05, 3.63) is 17.0 Å². The van der Waals surface area contributed by atoms with Crippen LogP contribution in [0.15, 0.2) is 16.3 Å². The van der Waals surface area contributed by atoms with Crippen LogP contribution in [0.1, 0.15) is 4.88 Å². The Labute approximate surface area is 116 Å². The Morgan fingerprint density at radius 3 is 3.00 bits per heavy atom. The molecule has 2 heterocycles. The van der Waals surface area contributed by atoms with Crippen LogP contribution in [0.4, 0.5) is 0 Å². The lowest BCUT2D eigenvalue weighted by molar-refractivity contribution is 0.0110. The highest BCUT2D eigenvalue weighted by atomic mass is 32.2. The second-order valence-corrected chi connectivity index (χ2v) is 7.57. The molecule has 3 N–H and O–H groups in total. The van der Waals surface area contributed by atoms with Crippen LogP contribution in [0.3, 0.4) is 0 Å². The highest BCUT2D eigenvalue weighted by Gasteiger charge is 2.34. The largest absolute Gasteiger partial charge is 0.395 e. The highest BCUT2D eigenvalue weighted by molar-refractivity contribution is 7.91. The minimum Gasteiger partial charge on any atom is -0.395 e. The van der Waals surface area contributed by atoms with Gasteiger partial charge in [-0.05, 0) is 25.1 Å². The van der Waals surface area contributed by atoms with Gasteiger partial charge in [0.2, 0.25) is 0 Å². The van der Waals surface area contributed by atoms with Crippen molar-refractivity contribution in [2.75, 3.05) is 32.9 Å².